The topological polar surface area (TPSA) is 61.8 Å². The van der Waals surface area contributed by atoms with Gasteiger partial charge in [-0.1, -0.05) is 6.92 Å². The van der Waals surface area contributed by atoms with Gasteiger partial charge in [0, 0.05) is 13.1 Å². The zero-order valence-electron chi connectivity index (χ0n) is 10.3. The number of hydrogen-bond donors (Lipinski definition) is 2. The van der Waals surface area contributed by atoms with Crippen LogP contribution in [0.4, 0.5) is 0 Å². The zero-order valence-corrected chi connectivity index (χ0v) is 10.3. The summed E-state index contributed by atoms with van der Waals surface area (Å²) in [7, 11) is 1.73. The van der Waals surface area contributed by atoms with Gasteiger partial charge in [0.05, 0.1) is 31.8 Å². The van der Waals surface area contributed by atoms with Gasteiger partial charge in [-0.15, -0.1) is 0 Å². The largest absolute Gasteiger partial charge is 0.394 e. The van der Waals surface area contributed by atoms with Crippen LogP contribution in [0.2, 0.25) is 0 Å². The Labute approximate surface area is 96.8 Å². The molecule has 1 fully saturated rings. The molecule has 94 valence electrons. The van der Waals surface area contributed by atoms with Gasteiger partial charge in [-0.3, -0.25) is 4.79 Å². The number of amides is 1. The number of rotatable bonds is 5. The Kier molecular flexibility index (Phi) is 5.18. The molecule has 0 aromatic heterocycles. The van der Waals surface area contributed by atoms with E-state index in [1.165, 1.54) is 0 Å². The molecule has 0 saturated carbocycles. The van der Waals surface area contributed by atoms with E-state index in [1.54, 1.807) is 11.9 Å². The highest BCUT2D eigenvalue weighted by Gasteiger charge is 2.35. The van der Waals surface area contributed by atoms with E-state index in [0.29, 0.717) is 13.2 Å². The summed E-state index contributed by atoms with van der Waals surface area (Å²) in [6, 6.07) is -0.0405. The van der Waals surface area contributed by atoms with Gasteiger partial charge in [0.25, 0.3) is 0 Å². The number of carbonyl (C=O) groups is 1. The number of aliphatic hydroxyl groups is 1. The van der Waals surface area contributed by atoms with Gasteiger partial charge in [0.15, 0.2) is 0 Å². The molecular weight excluding hydrogens is 208 g/mol. The molecule has 1 rings (SSSR count). The molecule has 0 aliphatic carbocycles. The Bertz CT molecular complexity index is 235. The van der Waals surface area contributed by atoms with E-state index < -0.39 is 0 Å². The maximum absolute atomic E-state index is 12.1. The maximum Gasteiger partial charge on any atom is 0.229 e. The van der Waals surface area contributed by atoms with E-state index in [2.05, 4.69) is 5.32 Å². The van der Waals surface area contributed by atoms with E-state index in [9.17, 15) is 4.79 Å². The predicted molar refractivity (Wildman–Crippen MR) is 61.1 cm³/mol. The van der Waals surface area contributed by atoms with Gasteiger partial charge < -0.3 is 20.1 Å². The lowest BCUT2D eigenvalue weighted by Gasteiger charge is -2.28. The average Bonchev–Trinajstić information content (AvgIpc) is 2.74. The number of aliphatic hydroxyl groups excluding tert-OH is 1. The zero-order chi connectivity index (χ0) is 12.1. The molecule has 3 unspecified atom stereocenters. The fourth-order valence-corrected chi connectivity index (χ4v) is 1.86. The second kappa shape index (κ2) is 6.18. The normalized spacial score (nSPS) is 26.8. The fourth-order valence-electron chi connectivity index (χ4n) is 1.86. The Morgan fingerprint density at radius 2 is 2.31 bits per heavy atom. The van der Waals surface area contributed by atoms with Crippen LogP contribution < -0.4 is 5.32 Å². The van der Waals surface area contributed by atoms with E-state index in [1.807, 2.05) is 13.8 Å². The maximum atomic E-state index is 12.1. The standard InChI is InChI=1S/C11H22N2O3/c1-4-12-10-7-16-6-9(10)11(15)13(3)8(2)5-14/h8-10,12,14H,4-7H2,1-3H3. The third kappa shape index (κ3) is 2.93. The molecule has 1 heterocycles. The summed E-state index contributed by atoms with van der Waals surface area (Å²) in [5, 5.41) is 12.3. The molecule has 1 aliphatic rings. The van der Waals surface area contributed by atoms with Crippen molar-refractivity contribution < 1.29 is 14.6 Å². The molecule has 0 bridgehead atoms. The third-order valence-electron chi connectivity index (χ3n) is 3.14. The number of nitrogens with one attached hydrogen (secondary N) is 1. The molecule has 0 aromatic rings. The summed E-state index contributed by atoms with van der Waals surface area (Å²) in [5.74, 6) is -0.0797. The summed E-state index contributed by atoms with van der Waals surface area (Å²) in [6.07, 6.45) is 0. The lowest BCUT2D eigenvalue weighted by molar-refractivity contribution is -0.137. The van der Waals surface area contributed by atoms with Crippen LogP contribution in [0.3, 0.4) is 0 Å². The second-order valence-electron chi connectivity index (χ2n) is 4.29. The van der Waals surface area contributed by atoms with Crippen LogP contribution in [0.25, 0.3) is 0 Å². The summed E-state index contributed by atoms with van der Waals surface area (Å²) in [6.45, 7) is 5.72. The highest BCUT2D eigenvalue weighted by Crippen LogP contribution is 2.17. The summed E-state index contributed by atoms with van der Waals surface area (Å²) in [5.41, 5.74) is 0. The Hall–Kier alpha value is -0.650. The lowest BCUT2D eigenvalue weighted by atomic mass is 10.0. The second-order valence-corrected chi connectivity index (χ2v) is 4.29. The molecule has 5 nitrogen and oxygen atoms in total. The summed E-state index contributed by atoms with van der Waals surface area (Å²) in [4.78, 5) is 13.7. The quantitative estimate of drug-likeness (QED) is 0.665. The van der Waals surface area contributed by atoms with Crippen molar-refractivity contribution in [2.75, 3.05) is 33.4 Å². The van der Waals surface area contributed by atoms with Gasteiger partial charge in [-0.25, -0.2) is 0 Å². The minimum atomic E-state index is -0.143. The lowest BCUT2D eigenvalue weighted by Crippen LogP contribution is -2.47. The molecule has 0 radical (unpaired) electrons. The molecule has 5 heteroatoms. The van der Waals surface area contributed by atoms with E-state index >= 15 is 0 Å². The van der Waals surface area contributed by atoms with Crippen molar-refractivity contribution in [2.24, 2.45) is 5.92 Å². The van der Waals surface area contributed by atoms with Crippen molar-refractivity contribution in [1.29, 1.82) is 0 Å². The van der Waals surface area contributed by atoms with Crippen LogP contribution >= 0.6 is 0 Å². The minimum absolute atomic E-state index is 0.0122. The first-order valence-corrected chi connectivity index (χ1v) is 5.80. The van der Waals surface area contributed by atoms with Gasteiger partial charge in [0.1, 0.15) is 0 Å². The molecule has 1 amide bonds. The minimum Gasteiger partial charge on any atom is -0.394 e. The van der Waals surface area contributed by atoms with Crippen molar-refractivity contribution in [3.63, 3.8) is 0 Å². The van der Waals surface area contributed by atoms with Crippen molar-refractivity contribution in [2.45, 2.75) is 25.9 Å². The van der Waals surface area contributed by atoms with Crippen molar-refractivity contribution in [3.8, 4) is 0 Å². The third-order valence-corrected chi connectivity index (χ3v) is 3.14. The van der Waals surface area contributed by atoms with Crippen LogP contribution in [0.1, 0.15) is 13.8 Å². The number of hydrogen-bond acceptors (Lipinski definition) is 4. The number of ether oxygens (including phenoxy) is 1. The van der Waals surface area contributed by atoms with Crippen molar-refractivity contribution >= 4 is 5.91 Å². The van der Waals surface area contributed by atoms with Crippen LogP contribution in [0, 0.1) is 5.92 Å². The molecule has 0 aromatic carbocycles. The molecule has 2 N–H and O–H groups in total. The molecule has 16 heavy (non-hydrogen) atoms. The monoisotopic (exact) mass is 230 g/mol. The SMILES string of the molecule is CCNC1COCC1C(=O)N(C)C(C)CO. The van der Waals surface area contributed by atoms with E-state index in [4.69, 9.17) is 9.84 Å². The first-order valence-electron chi connectivity index (χ1n) is 5.80. The molecule has 1 saturated heterocycles. The molecule has 3 atom stereocenters. The highest BCUT2D eigenvalue weighted by molar-refractivity contribution is 5.80. The van der Waals surface area contributed by atoms with Crippen LogP contribution in [0.5, 0.6) is 0 Å². The van der Waals surface area contributed by atoms with Gasteiger partial charge >= 0.3 is 0 Å². The Morgan fingerprint density at radius 3 is 2.88 bits per heavy atom. The van der Waals surface area contributed by atoms with Gasteiger partial charge in [0.2, 0.25) is 5.91 Å². The summed E-state index contributed by atoms with van der Waals surface area (Å²) < 4.78 is 5.33. The van der Waals surface area contributed by atoms with Gasteiger partial charge in [-0.05, 0) is 13.5 Å². The van der Waals surface area contributed by atoms with Crippen LogP contribution in [-0.2, 0) is 9.53 Å². The van der Waals surface area contributed by atoms with E-state index in [-0.39, 0.29) is 30.5 Å². The number of nitrogens with zero attached hydrogens (tertiary/aromatic N) is 1. The smallest absolute Gasteiger partial charge is 0.229 e. The number of likely N-dealkylation sites (N-methyl/N-ethyl adjacent to an activating group) is 2. The number of carbonyl (C=O) groups excluding carboxylic acids is 1. The summed E-state index contributed by atoms with van der Waals surface area (Å²) >= 11 is 0. The fraction of sp³-hybridized carbons (Fsp3) is 0.909. The predicted octanol–water partition coefficient (Wildman–Crippen LogP) is -0.550. The van der Waals surface area contributed by atoms with E-state index in [0.717, 1.165) is 6.54 Å². The molecule has 0 spiro atoms. The Morgan fingerprint density at radius 1 is 1.62 bits per heavy atom. The Balaban J connectivity index is 2.58. The van der Waals surface area contributed by atoms with Crippen molar-refractivity contribution in [3.05, 3.63) is 0 Å². The first-order chi connectivity index (χ1) is 7.61. The van der Waals surface area contributed by atoms with Crippen molar-refractivity contribution in [1.82, 2.24) is 10.2 Å². The molecule has 1 aliphatic heterocycles. The first kappa shape index (κ1) is 13.4. The van der Waals surface area contributed by atoms with Crippen LogP contribution in [0.15, 0.2) is 0 Å². The molecular formula is C11H22N2O3. The van der Waals surface area contributed by atoms with Crippen LogP contribution in [-0.4, -0.2) is 61.4 Å². The average molecular weight is 230 g/mol. The highest BCUT2D eigenvalue weighted by atomic mass is 16.5. The van der Waals surface area contributed by atoms with Gasteiger partial charge in [-0.2, -0.15) is 0 Å².